The van der Waals surface area contributed by atoms with E-state index < -0.39 is 6.55 Å². The molecule has 0 saturated heterocycles. The first-order valence-electron chi connectivity index (χ1n) is 6.59. The third kappa shape index (κ3) is 3.88. The number of benzene rings is 1. The van der Waals surface area contributed by atoms with Gasteiger partial charge in [-0.1, -0.05) is 18.2 Å². The van der Waals surface area contributed by atoms with Crippen LogP contribution in [0.2, 0.25) is 0 Å². The van der Waals surface area contributed by atoms with Crippen molar-refractivity contribution >= 4 is 30.5 Å². The van der Waals surface area contributed by atoms with Crippen molar-refractivity contribution < 1.29 is 8.78 Å². The molecule has 22 heavy (non-hydrogen) atoms. The fourth-order valence-corrected chi connectivity index (χ4v) is 2.51. The molecule has 1 aromatic carbocycles. The first-order chi connectivity index (χ1) is 9.75. The molecule has 1 aromatic heterocycles. The van der Waals surface area contributed by atoms with Gasteiger partial charge < -0.3 is 10.2 Å². The minimum Gasteiger partial charge on any atom is -0.363 e. The quantitative estimate of drug-likeness (QED) is 0.922. The molecule has 0 aliphatic carbocycles. The Morgan fingerprint density at radius 3 is 2.77 bits per heavy atom. The average molecular weight is 351 g/mol. The van der Waals surface area contributed by atoms with Crippen LogP contribution in [0.15, 0.2) is 36.7 Å². The predicted octanol–water partition coefficient (Wildman–Crippen LogP) is 3.23. The van der Waals surface area contributed by atoms with E-state index in [1.54, 1.807) is 0 Å². The molecule has 4 nitrogen and oxygen atoms in total. The second kappa shape index (κ2) is 8.31. The lowest BCUT2D eigenvalue weighted by atomic mass is 10.1. The smallest absolute Gasteiger partial charge is 0.319 e. The summed E-state index contributed by atoms with van der Waals surface area (Å²) in [5, 5.41) is 3.33. The molecular formula is C14H18Cl2F2N4. The van der Waals surface area contributed by atoms with E-state index in [1.807, 2.05) is 18.2 Å². The molecule has 0 saturated carbocycles. The topological polar surface area (TPSA) is 33.1 Å². The van der Waals surface area contributed by atoms with E-state index in [1.165, 1.54) is 18.0 Å². The van der Waals surface area contributed by atoms with Crippen molar-refractivity contribution in [3.8, 4) is 0 Å². The number of aromatic nitrogens is 2. The summed E-state index contributed by atoms with van der Waals surface area (Å²) in [5.41, 5.74) is 2.27. The van der Waals surface area contributed by atoms with Crippen molar-refractivity contribution in [2.45, 2.75) is 19.6 Å². The SMILES string of the molecule is Cl.Cl.FC(F)n1ccnc1CN1CCNCc2ccccc21. The molecule has 0 unspecified atom stereocenters. The number of hydrogen-bond acceptors (Lipinski definition) is 3. The number of rotatable bonds is 3. The minimum absolute atomic E-state index is 0. The van der Waals surface area contributed by atoms with Crippen LogP contribution in [0.25, 0.3) is 0 Å². The molecule has 0 fully saturated rings. The van der Waals surface area contributed by atoms with Crippen molar-refractivity contribution in [2.24, 2.45) is 0 Å². The maximum atomic E-state index is 12.9. The van der Waals surface area contributed by atoms with Crippen molar-refractivity contribution in [3.05, 3.63) is 48.0 Å². The molecule has 8 heteroatoms. The van der Waals surface area contributed by atoms with Gasteiger partial charge in [0, 0.05) is 37.7 Å². The van der Waals surface area contributed by atoms with Gasteiger partial charge in [0.25, 0.3) is 0 Å². The third-order valence-corrected chi connectivity index (χ3v) is 3.50. The van der Waals surface area contributed by atoms with Crippen LogP contribution in [0.5, 0.6) is 0 Å². The Morgan fingerprint density at radius 2 is 2.00 bits per heavy atom. The number of hydrogen-bond donors (Lipinski definition) is 1. The molecule has 0 spiro atoms. The van der Waals surface area contributed by atoms with Gasteiger partial charge in [-0.15, -0.1) is 24.8 Å². The molecular weight excluding hydrogens is 333 g/mol. The predicted molar refractivity (Wildman–Crippen MR) is 87.2 cm³/mol. The van der Waals surface area contributed by atoms with E-state index in [2.05, 4.69) is 21.3 Å². The minimum atomic E-state index is -2.55. The molecule has 3 rings (SSSR count). The van der Waals surface area contributed by atoms with Gasteiger partial charge in [-0.2, -0.15) is 8.78 Å². The van der Waals surface area contributed by atoms with Crippen LogP contribution >= 0.6 is 24.8 Å². The normalized spacial score (nSPS) is 13.9. The van der Waals surface area contributed by atoms with Gasteiger partial charge in [-0.05, 0) is 11.6 Å². The third-order valence-electron chi connectivity index (χ3n) is 3.50. The van der Waals surface area contributed by atoms with E-state index in [0.29, 0.717) is 12.4 Å². The standard InChI is InChI=1S/C14H16F2N4.2ClH/c15-14(16)20-8-6-18-13(20)10-19-7-5-17-9-11-3-1-2-4-12(11)19;;/h1-4,6,8,14,17H,5,7,9-10H2;2*1H. The van der Waals surface area contributed by atoms with E-state index in [4.69, 9.17) is 0 Å². The highest BCUT2D eigenvalue weighted by molar-refractivity contribution is 5.85. The summed E-state index contributed by atoms with van der Waals surface area (Å²) in [5.74, 6) is 0.386. The Bertz CT molecular complexity index is 592. The Kier molecular flexibility index (Phi) is 7.06. The first kappa shape index (κ1) is 18.7. The summed E-state index contributed by atoms with van der Waals surface area (Å²) in [6, 6.07) is 8.04. The summed E-state index contributed by atoms with van der Waals surface area (Å²) in [4.78, 5) is 6.15. The molecule has 0 amide bonds. The van der Waals surface area contributed by atoms with Crippen LogP contribution < -0.4 is 10.2 Å². The lowest BCUT2D eigenvalue weighted by Crippen LogP contribution is -2.29. The van der Waals surface area contributed by atoms with Crippen LogP contribution in [-0.2, 0) is 13.1 Å². The highest BCUT2D eigenvalue weighted by Gasteiger charge is 2.18. The number of nitrogens with zero attached hydrogens (tertiary/aromatic N) is 3. The molecule has 122 valence electrons. The van der Waals surface area contributed by atoms with Crippen LogP contribution in [0.4, 0.5) is 14.5 Å². The number of imidazole rings is 1. The van der Waals surface area contributed by atoms with Crippen LogP contribution in [-0.4, -0.2) is 22.6 Å². The Hall–Kier alpha value is -1.37. The van der Waals surface area contributed by atoms with Crippen molar-refractivity contribution in [3.63, 3.8) is 0 Å². The van der Waals surface area contributed by atoms with Gasteiger partial charge in [0.1, 0.15) is 5.82 Å². The number of fused-ring (bicyclic) bond motifs is 1. The number of para-hydroxylation sites is 1. The summed E-state index contributed by atoms with van der Waals surface area (Å²) in [6.07, 6.45) is 2.74. The zero-order chi connectivity index (χ0) is 13.9. The van der Waals surface area contributed by atoms with E-state index in [-0.39, 0.29) is 24.8 Å². The largest absolute Gasteiger partial charge is 0.363 e. The molecule has 1 aliphatic heterocycles. The van der Waals surface area contributed by atoms with Crippen molar-refractivity contribution in [1.82, 2.24) is 14.9 Å². The summed E-state index contributed by atoms with van der Waals surface area (Å²) in [7, 11) is 0. The van der Waals surface area contributed by atoms with Gasteiger partial charge >= 0.3 is 6.55 Å². The maximum Gasteiger partial charge on any atom is 0.319 e. The van der Waals surface area contributed by atoms with Gasteiger partial charge in [0.05, 0.1) is 6.54 Å². The molecule has 2 heterocycles. The van der Waals surface area contributed by atoms with Gasteiger partial charge in [-0.3, -0.25) is 4.57 Å². The van der Waals surface area contributed by atoms with Gasteiger partial charge in [0.15, 0.2) is 0 Å². The lowest BCUT2D eigenvalue weighted by molar-refractivity contribution is 0.0670. The molecule has 0 atom stereocenters. The number of halogens is 4. The van der Waals surface area contributed by atoms with Crippen LogP contribution in [0.3, 0.4) is 0 Å². The van der Waals surface area contributed by atoms with Gasteiger partial charge in [0.2, 0.25) is 0 Å². The number of nitrogens with one attached hydrogen (secondary N) is 1. The van der Waals surface area contributed by atoms with E-state index >= 15 is 0 Å². The zero-order valence-corrected chi connectivity index (χ0v) is 13.4. The summed E-state index contributed by atoms with van der Waals surface area (Å²) >= 11 is 0. The van der Waals surface area contributed by atoms with Crippen LogP contribution in [0.1, 0.15) is 17.9 Å². The van der Waals surface area contributed by atoms with Crippen LogP contribution in [0, 0.1) is 0 Å². The Morgan fingerprint density at radius 1 is 1.23 bits per heavy atom. The summed E-state index contributed by atoms with van der Waals surface area (Å²) in [6.45, 7) is 0.233. The molecule has 0 bridgehead atoms. The van der Waals surface area contributed by atoms with Crippen molar-refractivity contribution in [2.75, 3.05) is 18.0 Å². The molecule has 2 aromatic rings. The number of anilines is 1. The maximum absolute atomic E-state index is 12.9. The fraction of sp³-hybridized carbons (Fsp3) is 0.357. The summed E-state index contributed by atoms with van der Waals surface area (Å²) < 4.78 is 26.7. The Balaban J connectivity index is 0.00000121. The van der Waals surface area contributed by atoms with Crippen molar-refractivity contribution in [1.29, 1.82) is 0 Å². The second-order valence-electron chi connectivity index (χ2n) is 4.76. The first-order valence-corrected chi connectivity index (χ1v) is 6.59. The van der Waals surface area contributed by atoms with E-state index in [9.17, 15) is 8.78 Å². The molecule has 0 radical (unpaired) electrons. The highest BCUT2D eigenvalue weighted by atomic mass is 35.5. The van der Waals surface area contributed by atoms with E-state index in [0.717, 1.165) is 29.9 Å². The number of alkyl halides is 2. The molecule has 1 aliphatic rings. The zero-order valence-electron chi connectivity index (χ0n) is 11.8. The fourth-order valence-electron chi connectivity index (χ4n) is 2.51. The average Bonchev–Trinajstić information content (AvgIpc) is 2.81. The lowest BCUT2D eigenvalue weighted by Gasteiger charge is -2.24. The second-order valence-corrected chi connectivity index (χ2v) is 4.76. The Labute approximate surface area is 140 Å². The monoisotopic (exact) mass is 350 g/mol. The molecule has 1 N–H and O–H groups in total. The van der Waals surface area contributed by atoms with Gasteiger partial charge in [-0.25, -0.2) is 4.98 Å². The highest BCUT2D eigenvalue weighted by Crippen LogP contribution is 2.24.